The summed E-state index contributed by atoms with van der Waals surface area (Å²) < 4.78 is 37.3. The van der Waals surface area contributed by atoms with Crippen LogP contribution in [0.3, 0.4) is 0 Å². The van der Waals surface area contributed by atoms with Gasteiger partial charge in [0.1, 0.15) is 0 Å². The average Bonchev–Trinajstić information content (AvgIpc) is 2.80. The molecule has 1 aliphatic carbocycles. The summed E-state index contributed by atoms with van der Waals surface area (Å²) in [7, 11) is 0. The summed E-state index contributed by atoms with van der Waals surface area (Å²) in [5.41, 5.74) is 5.93. The lowest BCUT2D eigenvalue weighted by atomic mass is 10.1. The van der Waals surface area contributed by atoms with E-state index in [1.807, 2.05) is 0 Å². The normalized spacial score (nSPS) is 30.4. The first-order valence-corrected chi connectivity index (χ1v) is 6.13. The smallest absolute Gasteiger partial charge is 0.371 e. The highest BCUT2D eigenvalue weighted by Gasteiger charge is 2.54. The van der Waals surface area contributed by atoms with Crippen LogP contribution in [0.25, 0.3) is 0 Å². The largest absolute Gasteiger partial charge is 0.416 e. The maximum Gasteiger partial charge on any atom is 0.416 e. The van der Waals surface area contributed by atoms with Gasteiger partial charge in [-0.1, -0.05) is 0 Å². The molecule has 0 radical (unpaired) electrons. The maximum absolute atomic E-state index is 12.4. The molecule has 2 nitrogen and oxygen atoms in total. The van der Waals surface area contributed by atoms with Crippen LogP contribution in [0, 0.1) is 17.8 Å². The molecule has 1 heterocycles. The number of hydrogen-bond donors (Lipinski definition) is 1. The van der Waals surface area contributed by atoms with Gasteiger partial charge in [-0.15, -0.1) is 0 Å². The molecule has 1 aliphatic heterocycles. The molecule has 2 aliphatic rings. The van der Waals surface area contributed by atoms with E-state index in [9.17, 15) is 13.2 Å². The molecule has 0 bridgehead atoms. The third kappa shape index (κ3) is 1.86. The molecular formula is C13H15F3N2. The number of halogens is 3. The Labute approximate surface area is 104 Å². The van der Waals surface area contributed by atoms with Crippen molar-refractivity contribution in [3.05, 3.63) is 29.8 Å². The fourth-order valence-corrected chi connectivity index (χ4v) is 3.07. The van der Waals surface area contributed by atoms with E-state index in [1.54, 1.807) is 12.1 Å². The Balaban J connectivity index is 1.69. The van der Waals surface area contributed by atoms with E-state index in [0.29, 0.717) is 17.8 Å². The fourth-order valence-electron chi connectivity index (χ4n) is 3.07. The number of hydrogen-bond acceptors (Lipinski definition) is 2. The number of nitrogens with two attached hydrogens (primary N) is 1. The van der Waals surface area contributed by atoms with Crippen LogP contribution in [-0.2, 0) is 6.18 Å². The van der Waals surface area contributed by atoms with Crippen LogP contribution in [0.2, 0.25) is 0 Å². The number of anilines is 1. The first-order chi connectivity index (χ1) is 8.50. The predicted octanol–water partition coefficient (Wildman–Crippen LogP) is 2.35. The highest BCUT2D eigenvalue weighted by atomic mass is 19.4. The number of benzene rings is 1. The average molecular weight is 256 g/mol. The summed E-state index contributed by atoms with van der Waals surface area (Å²) in [4.78, 5) is 2.15. The van der Waals surface area contributed by atoms with E-state index < -0.39 is 11.7 Å². The molecule has 5 heteroatoms. The molecule has 2 N–H and O–H groups in total. The third-order valence-electron chi connectivity index (χ3n) is 4.20. The van der Waals surface area contributed by atoms with Crippen molar-refractivity contribution in [2.45, 2.75) is 6.18 Å². The zero-order valence-electron chi connectivity index (χ0n) is 9.82. The second kappa shape index (κ2) is 3.88. The molecule has 3 rings (SSSR count). The van der Waals surface area contributed by atoms with Crippen molar-refractivity contribution in [3.63, 3.8) is 0 Å². The number of rotatable bonds is 2. The van der Waals surface area contributed by atoms with Crippen LogP contribution < -0.4 is 10.6 Å². The summed E-state index contributed by atoms with van der Waals surface area (Å²) in [5, 5.41) is 0. The van der Waals surface area contributed by atoms with E-state index in [-0.39, 0.29) is 0 Å². The van der Waals surface area contributed by atoms with Gasteiger partial charge in [0.25, 0.3) is 0 Å². The molecule has 2 fully saturated rings. The van der Waals surface area contributed by atoms with Crippen molar-refractivity contribution in [2.75, 3.05) is 24.5 Å². The van der Waals surface area contributed by atoms with Crippen molar-refractivity contribution < 1.29 is 13.2 Å². The molecular weight excluding hydrogens is 241 g/mol. The minimum atomic E-state index is -4.25. The van der Waals surface area contributed by atoms with E-state index in [0.717, 1.165) is 37.5 Å². The lowest BCUT2D eigenvalue weighted by Crippen LogP contribution is -2.25. The van der Waals surface area contributed by atoms with Crippen molar-refractivity contribution in [1.29, 1.82) is 0 Å². The van der Waals surface area contributed by atoms with Crippen LogP contribution in [0.1, 0.15) is 5.56 Å². The van der Waals surface area contributed by atoms with Crippen LogP contribution in [0.15, 0.2) is 24.3 Å². The van der Waals surface area contributed by atoms with Crippen LogP contribution in [-0.4, -0.2) is 19.6 Å². The first kappa shape index (κ1) is 11.8. The molecule has 18 heavy (non-hydrogen) atoms. The van der Waals surface area contributed by atoms with E-state index >= 15 is 0 Å². The van der Waals surface area contributed by atoms with E-state index in [1.165, 1.54) is 0 Å². The molecule has 1 saturated heterocycles. The van der Waals surface area contributed by atoms with Crippen molar-refractivity contribution in [3.8, 4) is 0 Å². The second-order valence-corrected chi connectivity index (χ2v) is 5.18. The zero-order valence-corrected chi connectivity index (χ0v) is 9.82. The number of fused-ring (bicyclic) bond motifs is 1. The van der Waals surface area contributed by atoms with Gasteiger partial charge in [0, 0.05) is 18.8 Å². The highest BCUT2D eigenvalue weighted by Crippen LogP contribution is 2.51. The minimum Gasteiger partial charge on any atom is -0.371 e. The number of alkyl halides is 3. The Morgan fingerprint density at radius 3 is 2.11 bits per heavy atom. The van der Waals surface area contributed by atoms with Gasteiger partial charge in [-0.3, -0.25) is 0 Å². The Morgan fingerprint density at radius 1 is 1.11 bits per heavy atom. The Bertz CT molecular complexity index is 429. The van der Waals surface area contributed by atoms with E-state index in [2.05, 4.69) is 4.90 Å². The predicted molar refractivity (Wildman–Crippen MR) is 63.2 cm³/mol. The SMILES string of the molecule is NCC1C2CN(c3ccc(C(F)(F)F)cc3)CC12. The Hall–Kier alpha value is -1.23. The topological polar surface area (TPSA) is 29.3 Å². The van der Waals surface area contributed by atoms with E-state index in [4.69, 9.17) is 5.73 Å². The number of nitrogens with zero attached hydrogens (tertiary/aromatic N) is 1. The minimum absolute atomic E-state index is 0.588. The molecule has 1 aromatic carbocycles. The lowest BCUT2D eigenvalue weighted by molar-refractivity contribution is -0.137. The van der Waals surface area contributed by atoms with Gasteiger partial charge in [-0.05, 0) is 48.6 Å². The van der Waals surface area contributed by atoms with Gasteiger partial charge in [0.2, 0.25) is 0 Å². The van der Waals surface area contributed by atoms with Crippen molar-refractivity contribution in [2.24, 2.45) is 23.5 Å². The molecule has 0 spiro atoms. The van der Waals surface area contributed by atoms with Gasteiger partial charge in [-0.2, -0.15) is 13.2 Å². The Morgan fingerprint density at radius 2 is 1.67 bits per heavy atom. The van der Waals surface area contributed by atoms with Gasteiger partial charge in [0.05, 0.1) is 5.56 Å². The summed E-state index contributed by atoms with van der Waals surface area (Å²) in [6.45, 7) is 2.59. The maximum atomic E-state index is 12.4. The van der Waals surface area contributed by atoms with Crippen LogP contribution in [0.4, 0.5) is 18.9 Å². The Kier molecular flexibility index (Phi) is 2.55. The van der Waals surface area contributed by atoms with Crippen LogP contribution in [0.5, 0.6) is 0 Å². The van der Waals surface area contributed by atoms with Crippen molar-refractivity contribution in [1.82, 2.24) is 0 Å². The molecule has 1 saturated carbocycles. The monoisotopic (exact) mass is 256 g/mol. The first-order valence-electron chi connectivity index (χ1n) is 6.13. The third-order valence-corrected chi connectivity index (χ3v) is 4.20. The van der Waals surface area contributed by atoms with Gasteiger partial charge in [0.15, 0.2) is 0 Å². The zero-order chi connectivity index (χ0) is 12.9. The summed E-state index contributed by atoms with van der Waals surface area (Å²) in [6.07, 6.45) is -4.25. The highest BCUT2D eigenvalue weighted by molar-refractivity contribution is 5.50. The fraction of sp³-hybridized carbons (Fsp3) is 0.538. The lowest BCUT2D eigenvalue weighted by Gasteiger charge is -2.22. The van der Waals surface area contributed by atoms with Crippen LogP contribution >= 0.6 is 0 Å². The van der Waals surface area contributed by atoms with Gasteiger partial charge in [-0.25, -0.2) is 0 Å². The van der Waals surface area contributed by atoms with Gasteiger partial charge < -0.3 is 10.6 Å². The molecule has 2 unspecified atom stereocenters. The number of piperidine rings is 1. The summed E-state index contributed by atoms with van der Waals surface area (Å²) in [6, 6.07) is 5.43. The summed E-state index contributed by atoms with van der Waals surface area (Å²) in [5.74, 6) is 1.94. The standard InChI is InChI=1S/C13H15F3N2/c14-13(15,16)8-1-3-9(4-2-8)18-6-11-10(5-17)12(11)7-18/h1-4,10-12H,5-7,17H2. The molecule has 1 aromatic rings. The quantitative estimate of drug-likeness (QED) is 0.880. The summed E-state index contributed by atoms with van der Waals surface area (Å²) >= 11 is 0. The molecule has 0 amide bonds. The van der Waals surface area contributed by atoms with Gasteiger partial charge >= 0.3 is 6.18 Å². The molecule has 98 valence electrons. The molecule has 0 aromatic heterocycles. The molecule has 2 atom stereocenters. The van der Waals surface area contributed by atoms with Crippen molar-refractivity contribution >= 4 is 5.69 Å². The second-order valence-electron chi connectivity index (χ2n) is 5.18.